The molecular formula is C27H28F2O4. The Balaban J connectivity index is 0.000000203. The molecule has 0 bridgehead atoms. The van der Waals surface area contributed by atoms with Crippen molar-refractivity contribution in [2.75, 3.05) is 0 Å². The van der Waals surface area contributed by atoms with Crippen LogP contribution in [-0.2, 0) is 9.53 Å². The van der Waals surface area contributed by atoms with E-state index < -0.39 is 17.3 Å². The van der Waals surface area contributed by atoms with Crippen LogP contribution in [-0.4, -0.2) is 16.9 Å². The third kappa shape index (κ3) is 5.38. The van der Waals surface area contributed by atoms with Gasteiger partial charge < -0.3 is 9.84 Å². The number of fused-ring (bicyclic) bond motifs is 2. The molecule has 0 saturated carbocycles. The van der Waals surface area contributed by atoms with E-state index in [0.717, 1.165) is 10.9 Å². The van der Waals surface area contributed by atoms with Gasteiger partial charge in [0, 0.05) is 22.4 Å². The van der Waals surface area contributed by atoms with Gasteiger partial charge in [-0.05, 0) is 81.5 Å². The van der Waals surface area contributed by atoms with Crippen LogP contribution in [0, 0.1) is 29.9 Å². The van der Waals surface area contributed by atoms with Crippen LogP contribution in [0.2, 0.25) is 0 Å². The first kappa shape index (κ1) is 24.4. The Morgan fingerprint density at radius 1 is 1.03 bits per heavy atom. The lowest BCUT2D eigenvalue weighted by Gasteiger charge is -2.30. The monoisotopic (exact) mass is 454 g/mol. The Labute approximate surface area is 192 Å². The minimum Gasteiger partial charge on any atom is -0.507 e. The second kappa shape index (κ2) is 9.30. The van der Waals surface area contributed by atoms with E-state index in [4.69, 9.17) is 4.74 Å². The molecule has 0 aromatic heterocycles. The Bertz CT molecular complexity index is 1210. The molecule has 1 aliphatic carbocycles. The van der Waals surface area contributed by atoms with Gasteiger partial charge in [-0.15, -0.1) is 0 Å². The second-order valence-electron chi connectivity index (χ2n) is 9.47. The minimum atomic E-state index is -0.627. The van der Waals surface area contributed by atoms with Crippen molar-refractivity contribution in [3.05, 3.63) is 76.9 Å². The summed E-state index contributed by atoms with van der Waals surface area (Å²) >= 11 is 0. The minimum absolute atomic E-state index is 0.0249. The molecule has 0 spiro atoms. The number of rotatable bonds is 1. The highest BCUT2D eigenvalue weighted by atomic mass is 19.1. The maximum atomic E-state index is 13.4. The van der Waals surface area contributed by atoms with Crippen LogP contribution in [0.15, 0.2) is 48.5 Å². The van der Waals surface area contributed by atoms with Crippen LogP contribution in [0.5, 0.6) is 5.75 Å². The SMILES string of the molecule is CC1CC(OC(=O)C(C)(C)C)c2cc(F)ccc2C1=O.Cc1ccc2cc(F)ccc2c1O. The highest BCUT2D eigenvalue weighted by Crippen LogP contribution is 2.37. The number of ether oxygens (including phenoxy) is 1. The normalized spacial score (nSPS) is 17.7. The zero-order valence-corrected chi connectivity index (χ0v) is 19.4. The zero-order valence-electron chi connectivity index (χ0n) is 19.4. The number of carbonyl (C=O) groups is 2. The summed E-state index contributed by atoms with van der Waals surface area (Å²) in [5, 5.41) is 11.0. The number of hydrogen-bond acceptors (Lipinski definition) is 4. The van der Waals surface area contributed by atoms with Crippen molar-refractivity contribution < 1.29 is 28.2 Å². The van der Waals surface area contributed by atoms with E-state index in [0.29, 0.717) is 22.9 Å². The van der Waals surface area contributed by atoms with Crippen molar-refractivity contribution in [1.82, 2.24) is 0 Å². The first-order chi connectivity index (χ1) is 15.4. The van der Waals surface area contributed by atoms with E-state index in [1.54, 1.807) is 45.9 Å². The number of esters is 1. The van der Waals surface area contributed by atoms with Gasteiger partial charge in [0.25, 0.3) is 0 Å². The molecule has 0 radical (unpaired) electrons. The molecule has 3 aromatic rings. The van der Waals surface area contributed by atoms with E-state index in [9.17, 15) is 23.5 Å². The largest absolute Gasteiger partial charge is 0.507 e. The highest BCUT2D eigenvalue weighted by Gasteiger charge is 2.35. The summed E-state index contributed by atoms with van der Waals surface area (Å²) in [7, 11) is 0. The van der Waals surface area contributed by atoms with Crippen LogP contribution in [0.25, 0.3) is 10.8 Å². The van der Waals surface area contributed by atoms with Crippen LogP contribution < -0.4 is 0 Å². The third-order valence-electron chi connectivity index (χ3n) is 5.66. The summed E-state index contributed by atoms with van der Waals surface area (Å²) in [6.45, 7) is 8.91. The molecular weight excluding hydrogens is 426 g/mol. The molecule has 0 amide bonds. The molecule has 1 N–H and O–H groups in total. The number of carbonyl (C=O) groups excluding carboxylic acids is 2. The van der Waals surface area contributed by atoms with Gasteiger partial charge in [-0.2, -0.15) is 0 Å². The van der Waals surface area contributed by atoms with Crippen LogP contribution >= 0.6 is 0 Å². The summed E-state index contributed by atoms with van der Waals surface area (Å²) < 4.78 is 31.7. The van der Waals surface area contributed by atoms with Crippen molar-refractivity contribution in [3.8, 4) is 5.75 Å². The molecule has 174 valence electrons. The van der Waals surface area contributed by atoms with Crippen molar-refractivity contribution in [1.29, 1.82) is 0 Å². The van der Waals surface area contributed by atoms with Gasteiger partial charge in [0.2, 0.25) is 0 Å². The zero-order chi connectivity index (χ0) is 24.5. The molecule has 4 nitrogen and oxygen atoms in total. The molecule has 1 aliphatic rings. The lowest BCUT2D eigenvalue weighted by molar-refractivity contribution is -0.160. The lowest BCUT2D eigenvalue weighted by atomic mass is 9.81. The standard InChI is InChI=1S/C16H19FO3.C11H9FO/c1-9-7-13(20-15(19)16(2,3)4)12-8-10(17)5-6-11(12)14(9)18;1-7-2-3-8-6-9(12)4-5-10(8)11(7)13/h5-6,8-9,13H,7H2,1-4H3;2-6,13H,1H3. The van der Waals surface area contributed by atoms with Gasteiger partial charge >= 0.3 is 5.97 Å². The van der Waals surface area contributed by atoms with Crippen molar-refractivity contribution >= 4 is 22.5 Å². The Morgan fingerprint density at radius 2 is 1.67 bits per heavy atom. The fourth-order valence-electron chi connectivity index (χ4n) is 3.66. The molecule has 2 unspecified atom stereocenters. The predicted molar refractivity (Wildman–Crippen MR) is 123 cm³/mol. The number of Topliss-reactive ketones (excluding diaryl/α,β-unsaturated/α-hetero) is 1. The van der Waals surface area contributed by atoms with Gasteiger partial charge in [-0.1, -0.05) is 19.1 Å². The number of benzene rings is 3. The van der Waals surface area contributed by atoms with Crippen molar-refractivity contribution in [2.45, 2.75) is 47.1 Å². The van der Waals surface area contributed by atoms with Gasteiger partial charge in [0.15, 0.2) is 5.78 Å². The van der Waals surface area contributed by atoms with Gasteiger partial charge in [-0.25, -0.2) is 8.78 Å². The predicted octanol–water partition coefficient (Wildman–Crippen LogP) is 6.67. The number of phenolic OH excluding ortho intramolecular Hbond substituents is 1. The van der Waals surface area contributed by atoms with Gasteiger partial charge in [-0.3, -0.25) is 9.59 Å². The lowest BCUT2D eigenvalue weighted by Crippen LogP contribution is -2.30. The first-order valence-electron chi connectivity index (χ1n) is 10.8. The number of ketones is 1. The fourth-order valence-corrected chi connectivity index (χ4v) is 3.66. The Kier molecular flexibility index (Phi) is 6.86. The quantitative estimate of drug-likeness (QED) is 0.417. The third-order valence-corrected chi connectivity index (χ3v) is 5.66. The average molecular weight is 455 g/mol. The summed E-state index contributed by atoms with van der Waals surface area (Å²) in [6.07, 6.45) is -0.156. The maximum absolute atomic E-state index is 13.4. The number of aryl methyl sites for hydroxylation is 1. The summed E-state index contributed by atoms with van der Waals surface area (Å²) in [6, 6.07) is 11.9. The van der Waals surface area contributed by atoms with Crippen molar-refractivity contribution in [2.24, 2.45) is 11.3 Å². The molecule has 33 heavy (non-hydrogen) atoms. The molecule has 2 atom stereocenters. The smallest absolute Gasteiger partial charge is 0.311 e. The van der Waals surface area contributed by atoms with E-state index in [1.807, 2.05) is 6.92 Å². The molecule has 0 saturated heterocycles. The first-order valence-corrected chi connectivity index (χ1v) is 10.8. The topological polar surface area (TPSA) is 63.6 Å². The molecule has 6 heteroatoms. The highest BCUT2D eigenvalue weighted by molar-refractivity contribution is 6.00. The van der Waals surface area contributed by atoms with Crippen molar-refractivity contribution in [3.63, 3.8) is 0 Å². The van der Waals surface area contributed by atoms with Gasteiger partial charge in [0.05, 0.1) is 5.41 Å². The van der Waals surface area contributed by atoms with E-state index in [1.165, 1.54) is 30.3 Å². The number of aromatic hydroxyl groups is 1. The molecule has 0 fully saturated rings. The molecule has 0 aliphatic heterocycles. The summed E-state index contributed by atoms with van der Waals surface area (Å²) in [4.78, 5) is 24.1. The van der Waals surface area contributed by atoms with Crippen LogP contribution in [0.1, 0.15) is 61.7 Å². The Hall–Kier alpha value is -3.28. The van der Waals surface area contributed by atoms with E-state index >= 15 is 0 Å². The average Bonchev–Trinajstić information content (AvgIpc) is 2.74. The maximum Gasteiger partial charge on any atom is 0.311 e. The Morgan fingerprint density at radius 3 is 2.33 bits per heavy atom. The van der Waals surface area contributed by atoms with E-state index in [2.05, 4.69) is 0 Å². The fraction of sp³-hybridized carbons (Fsp3) is 0.333. The molecule has 4 rings (SSSR count). The van der Waals surface area contributed by atoms with Crippen LogP contribution in [0.3, 0.4) is 0 Å². The summed E-state index contributed by atoms with van der Waals surface area (Å²) in [5.41, 5.74) is 1.11. The van der Waals surface area contributed by atoms with E-state index in [-0.39, 0.29) is 29.2 Å². The summed E-state index contributed by atoms with van der Waals surface area (Å²) in [5.74, 6) is -1.08. The van der Waals surface area contributed by atoms with Crippen LogP contribution in [0.4, 0.5) is 8.78 Å². The number of phenols is 1. The number of hydrogen-bond donors (Lipinski definition) is 1. The number of halogens is 2. The second-order valence-corrected chi connectivity index (χ2v) is 9.47. The molecule has 3 aromatic carbocycles. The van der Waals surface area contributed by atoms with Gasteiger partial charge in [0.1, 0.15) is 23.5 Å². The molecule has 0 heterocycles.